The number of esters is 1. The fraction of sp³-hybridized carbons (Fsp3) is 0.190. The molecule has 0 aliphatic rings. The molecule has 28 heavy (non-hydrogen) atoms. The first-order valence-electron chi connectivity index (χ1n) is 8.72. The van der Waals surface area contributed by atoms with E-state index < -0.39 is 18.0 Å². The van der Waals surface area contributed by atoms with E-state index in [9.17, 15) is 9.59 Å². The van der Waals surface area contributed by atoms with Gasteiger partial charge in [-0.15, -0.1) is 11.3 Å². The van der Waals surface area contributed by atoms with Gasteiger partial charge < -0.3 is 9.47 Å². The summed E-state index contributed by atoms with van der Waals surface area (Å²) in [7, 11) is 0. The highest BCUT2D eigenvalue weighted by Gasteiger charge is 2.19. The van der Waals surface area contributed by atoms with Gasteiger partial charge in [0.1, 0.15) is 5.75 Å². The van der Waals surface area contributed by atoms with Crippen LogP contribution in [-0.4, -0.2) is 29.6 Å². The van der Waals surface area contributed by atoms with Crippen LogP contribution in [0.4, 0.5) is 5.13 Å². The predicted molar refractivity (Wildman–Crippen MR) is 108 cm³/mol. The van der Waals surface area contributed by atoms with Crippen molar-refractivity contribution in [2.24, 2.45) is 0 Å². The van der Waals surface area contributed by atoms with Crippen LogP contribution >= 0.6 is 11.3 Å². The molecule has 7 heteroatoms. The van der Waals surface area contributed by atoms with E-state index in [1.807, 2.05) is 60.8 Å². The normalized spacial score (nSPS) is 11.5. The molecular weight excluding hydrogens is 376 g/mol. The summed E-state index contributed by atoms with van der Waals surface area (Å²) >= 11 is 1.31. The molecule has 0 fully saturated rings. The molecule has 0 saturated carbocycles. The lowest BCUT2D eigenvalue weighted by Crippen LogP contribution is -2.31. The van der Waals surface area contributed by atoms with E-state index in [4.69, 9.17) is 9.47 Å². The minimum atomic E-state index is -0.961. The van der Waals surface area contributed by atoms with Gasteiger partial charge in [0.2, 0.25) is 0 Å². The Kier molecular flexibility index (Phi) is 6.39. The number of nitrogens with one attached hydrogen (secondary N) is 1. The molecule has 0 radical (unpaired) electrons. The zero-order valence-corrected chi connectivity index (χ0v) is 16.4. The Morgan fingerprint density at radius 1 is 1.11 bits per heavy atom. The van der Waals surface area contributed by atoms with E-state index in [2.05, 4.69) is 10.3 Å². The number of hydrogen-bond donors (Lipinski definition) is 1. The molecule has 3 aromatic rings. The van der Waals surface area contributed by atoms with Crippen LogP contribution in [0.3, 0.4) is 0 Å². The summed E-state index contributed by atoms with van der Waals surface area (Å²) in [6.45, 7) is 3.12. The number of nitrogens with zero attached hydrogens (tertiary/aromatic N) is 1. The first-order valence-corrected chi connectivity index (χ1v) is 9.60. The molecule has 0 spiro atoms. The average molecular weight is 396 g/mol. The highest BCUT2D eigenvalue weighted by Crippen LogP contribution is 2.24. The number of anilines is 1. The fourth-order valence-electron chi connectivity index (χ4n) is 2.42. The lowest BCUT2D eigenvalue weighted by atomic mass is 10.2. The van der Waals surface area contributed by atoms with Crippen molar-refractivity contribution in [2.45, 2.75) is 20.0 Å². The van der Waals surface area contributed by atoms with Crippen molar-refractivity contribution in [3.8, 4) is 17.0 Å². The summed E-state index contributed by atoms with van der Waals surface area (Å²) in [5.41, 5.74) is 2.66. The average Bonchev–Trinajstić information content (AvgIpc) is 3.16. The Morgan fingerprint density at radius 2 is 1.82 bits per heavy atom. The van der Waals surface area contributed by atoms with Gasteiger partial charge in [0.15, 0.2) is 17.8 Å². The Morgan fingerprint density at radius 3 is 2.57 bits per heavy atom. The molecule has 1 amide bonds. The molecule has 1 N–H and O–H groups in total. The van der Waals surface area contributed by atoms with Gasteiger partial charge in [0.25, 0.3) is 5.91 Å². The van der Waals surface area contributed by atoms with E-state index in [0.717, 1.165) is 16.8 Å². The number of thiazole rings is 1. The second kappa shape index (κ2) is 9.14. The van der Waals surface area contributed by atoms with Crippen LogP contribution in [0.2, 0.25) is 0 Å². The number of para-hydroxylation sites is 1. The third kappa shape index (κ3) is 5.17. The van der Waals surface area contributed by atoms with Gasteiger partial charge in [-0.05, 0) is 25.5 Å². The minimum Gasteiger partial charge on any atom is -0.482 e. The van der Waals surface area contributed by atoms with Gasteiger partial charge in [-0.2, -0.15) is 0 Å². The molecule has 6 nitrogen and oxygen atoms in total. The van der Waals surface area contributed by atoms with Gasteiger partial charge in [-0.3, -0.25) is 10.1 Å². The van der Waals surface area contributed by atoms with Gasteiger partial charge in [-0.1, -0.05) is 48.5 Å². The van der Waals surface area contributed by atoms with Crippen molar-refractivity contribution in [1.29, 1.82) is 0 Å². The van der Waals surface area contributed by atoms with Crippen LogP contribution in [0.1, 0.15) is 12.5 Å². The Hall–Kier alpha value is -3.19. The predicted octanol–water partition coefficient (Wildman–Crippen LogP) is 4.07. The van der Waals surface area contributed by atoms with Crippen LogP contribution in [0.5, 0.6) is 5.75 Å². The number of rotatable bonds is 7. The van der Waals surface area contributed by atoms with E-state index in [0.29, 0.717) is 10.9 Å². The van der Waals surface area contributed by atoms with E-state index in [1.165, 1.54) is 18.3 Å². The van der Waals surface area contributed by atoms with Gasteiger partial charge >= 0.3 is 5.97 Å². The Labute approximate surface area is 167 Å². The quantitative estimate of drug-likeness (QED) is 0.609. The van der Waals surface area contributed by atoms with Gasteiger partial charge in [0, 0.05) is 10.9 Å². The maximum absolute atomic E-state index is 12.3. The van der Waals surface area contributed by atoms with Crippen LogP contribution < -0.4 is 10.1 Å². The number of ether oxygens (including phenoxy) is 2. The smallest absolute Gasteiger partial charge is 0.344 e. The van der Waals surface area contributed by atoms with E-state index in [-0.39, 0.29) is 6.61 Å². The van der Waals surface area contributed by atoms with Gasteiger partial charge in [0.05, 0.1) is 5.69 Å². The maximum Gasteiger partial charge on any atom is 0.344 e. The van der Waals surface area contributed by atoms with Crippen molar-refractivity contribution in [2.75, 3.05) is 11.9 Å². The topological polar surface area (TPSA) is 77.5 Å². The molecule has 1 atom stereocenters. The van der Waals surface area contributed by atoms with Crippen LogP contribution in [-0.2, 0) is 14.3 Å². The molecule has 0 aliphatic heterocycles. The number of benzene rings is 2. The Balaban J connectivity index is 1.50. The maximum atomic E-state index is 12.3. The molecule has 1 heterocycles. The molecule has 0 aliphatic carbocycles. The number of aromatic nitrogens is 1. The lowest BCUT2D eigenvalue weighted by molar-refractivity contribution is -0.155. The lowest BCUT2D eigenvalue weighted by Gasteiger charge is -2.13. The Bertz CT molecular complexity index is 956. The van der Waals surface area contributed by atoms with Crippen molar-refractivity contribution in [3.63, 3.8) is 0 Å². The fourth-order valence-corrected chi connectivity index (χ4v) is 3.14. The second-order valence-electron chi connectivity index (χ2n) is 6.08. The molecule has 2 aromatic carbocycles. The van der Waals surface area contributed by atoms with E-state index in [1.54, 1.807) is 6.07 Å². The van der Waals surface area contributed by atoms with E-state index >= 15 is 0 Å². The van der Waals surface area contributed by atoms with Gasteiger partial charge in [-0.25, -0.2) is 9.78 Å². The number of aryl methyl sites for hydroxylation is 1. The third-order valence-electron chi connectivity index (χ3n) is 3.92. The highest BCUT2D eigenvalue weighted by molar-refractivity contribution is 7.14. The number of amides is 1. The monoisotopic (exact) mass is 396 g/mol. The first-order chi connectivity index (χ1) is 13.5. The summed E-state index contributed by atoms with van der Waals surface area (Å²) in [5.74, 6) is -0.457. The molecule has 144 valence electrons. The molecule has 0 bridgehead atoms. The highest BCUT2D eigenvalue weighted by atomic mass is 32.1. The zero-order valence-electron chi connectivity index (χ0n) is 15.5. The minimum absolute atomic E-state index is 0.266. The molecule has 0 saturated heterocycles. The second-order valence-corrected chi connectivity index (χ2v) is 6.94. The standard InChI is InChI=1S/C21H20N2O4S/c1-14-8-6-7-11-18(14)26-12-19(24)27-15(2)20(25)23-21-22-17(13-28-21)16-9-4-3-5-10-16/h3-11,13,15H,12H2,1-2H3,(H,22,23,25). The first kappa shape index (κ1) is 19.6. The molecule has 1 unspecified atom stereocenters. The third-order valence-corrected chi connectivity index (χ3v) is 4.68. The summed E-state index contributed by atoms with van der Waals surface area (Å²) < 4.78 is 10.6. The van der Waals surface area contributed by atoms with Crippen molar-refractivity contribution in [1.82, 2.24) is 4.98 Å². The largest absolute Gasteiger partial charge is 0.482 e. The van der Waals surface area contributed by atoms with Crippen molar-refractivity contribution < 1.29 is 19.1 Å². The van der Waals surface area contributed by atoms with Crippen LogP contribution in [0.25, 0.3) is 11.3 Å². The number of carbonyl (C=O) groups excluding carboxylic acids is 2. The zero-order chi connectivity index (χ0) is 19.9. The summed E-state index contributed by atoms with van der Waals surface area (Å²) in [4.78, 5) is 28.6. The van der Waals surface area contributed by atoms with Crippen LogP contribution in [0.15, 0.2) is 60.0 Å². The van der Waals surface area contributed by atoms with Crippen molar-refractivity contribution in [3.05, 3.63) is 65.5 Å². The summed E-state index contributed by atoms with van der Waals surface area (Å²) in [5, 5.41) is 4.98. The molecule has 1 aromatic heterocycles. The SMILES string of the molecule is Cc1ccccc1OCC(=O)OC(C)C(=O)Nc1nc(-c2ccccc2)cs1. The molecule has 3 rings (SSSR count). The number of hydrogen-bond acceptors (Lipinski definition) is 6. The van der Waals surface area contributed by atoms with Crippen molar-refractivity contribution >= 4 is 28.3 Å². The summed E-state index contributed by atoms with van der Waals surface area (Å²) in [6, 6.07) is 17.0. The molecular formula is C21H20N2O4S. The summed E-state index contributed by atoms with van der Waals surface area (Å²) in [6.07, 6.45) is -0.961. The number of carbonyl (C=O) groups is 2. The van der Waals surface area contributed by atoms with Crippen LogP contribution in [0, 0.1) is 6.92 Å².